The van der Waals surface area contributed by atoms with Crippen molar-refractivity contribution in [2.45, 2.75) is 19.6 Å². The molecule has 0 fully saturated rings. The Morgan fingerprint density at radius 1 is 0.575 bits per heavy atom. The second-order valence-corrected chi connectivity index (χ2v) is 13.5. The predicted molar refractivity (Wildman–Crippen MR) is 162 cm³/mol. The number of aromatic nitrogens is 4. The summed E-state index contributed by atoms with van der Waals surface area (Å²) in [7, 11) is 0. The third-order valence-electron chi connectivity index (χ3n) is 6.42. The first-order valence-electron chi connectivity index (χ1n) is 11.9. The van der Waals surface area contributed by atoms with Crippen molar-refractivity contribution in [3.05, 3.63) is 103 Å². The van der Waals surface area contributed by atoms with Gasteiger partial charge in [-0.05, 0) is 24.3 Å². The highest BCUT2D eigenvalue weighted by Crippen LogP contribution is 2.67. The number of aromatic amines is 2. The number of hydrogen-bond acceptors (Lipinski definition) is 8. The van der Waals surface area contributed by atoms with Gasteiger partial charge >= 0.3 is 0 Å². The zero-order valence-corrected chi connectivity index (χ0v) is 23.7. The third kappa shape index (κ3) is 3.74. The summed E-state index contributed by atoms with van der Waals surface area (Å²) in [5, 5.41) is 30.3. The molecule has 4 heterocycles. The lowest BCUT2D eigenvalue weighted by Gasteiger charge is -2.08. The summed E-state index contributed by atoms with van der Waals surface area (Å²) in [4.78, 5) is 28.5. The van der Waals surface area contributed by atoms with Gasteiger partial charge < -0.3 is 10.2 Å². The minimum atomic E-state index is -0.268. The molecule has 0 unspecified atom stereocenters. The van der Waals surface area contributed by atoms with E-state index in [2.05, 4.69) is 23.4 Å². The Labute approximate surface area is 242 Å². The van der Waals surface area contributed by atoms with Crippen LogP contribution in [0.2, 0.25) is 0 Å². The molecule has 0 saturated carbocycles. The average molecular weight is 603 g/mol. The fourth-order valence-electron chi connectivity index (χ4n) is 4.54. The second-order valence-electron chi connectivity index (χ2n) is 8.88. The van der Waals surface area contributed by atoms with Gasteiger partial charge in [-0.15, -0.1) is 0 Å². The summed E-state index contributed by atoms with van der Waals surface area (Å²) in [6, 6.07) is 18.4. The number of para-hydroxylation sites is 2. The third-order valence-corrected chi connectivity index (χ3v) is 11.6. The molecule has 0 spiro atoms. The van der Waals surface area contributed by atoms with Gasteiger partial charge in [0.25, 0.3) is 11.1 Å². The number of H-pyrrole nitrogens is 2. The van der Waals surface area contributed by atoms with Gasteiger partial charge in [0.1, 0.15) is 11.5 Å². The van der Waals surface area contributed by atoms with Crippen LogP contribution in [0.1, 0.15) is 0 Å². The van der Waals surface area contributed by atoms with E-state index in [1.54, 1.807) is 0 Å². The number of phenols is 2. The molecule has 0 bridgehead atoms. The van der Waals surface area contributed by atoms with E-state index in [9.17, 15) is 19.8 Å². The van der Waals surface area contributed by atoms with Crippen LogP contribution in [0.4, 0.5) is 0 Å². The van der Waals surface area contributed by atoms with E-state index in [0.29, 0.717) is 60.6 Å². The molecule has 0 radical (unpaired) electrons. The number of thioether (sulfide) groups is 4. The molecule has 8 nitrogen and oxygen atoms in total. The van der Waals surface area contributed by atoms with Crippen LogP contribution in [0.25, 0.3) is 33.0 Å². The summed E-state index contributed by atoms with van der Waals surface area (Å²) in [5.74, 6) is -0.00580. The highest BCUT2D eigenvalue weighted by atomic mass is 32.2. The van der Waals surface area contributed by atoms with Crippen molar-refractivity contribution in [2.75, 3.05) is 0 Å². The van der Waals surface area contributed by atoms with E-state index in [1.807, 2.05) is 60.7 Å². The molecule has 5 aromatic rings. The Bertz CT molecular complexity index is 2020. The average Bonchev–Trinajstić information content (AvgIpc) is 3.72. The highest BCUT2D eigenvalue weighted by molar-refractivity contribution is 8.33. The van der Waals surface area contributed by atoms with Crippen LogP contribution >= 0.6 is 47.0 Å². The zero-order chi connectivity index (χ0) is 27.7. The van der Waals surface area contributed by atoms with Crippen molar-refractivity contribution >= 4 is 68.7 Å². The first-order valence-corrected chi connectivity index (χ1v) is 15.1. The molecule has 12 heteroatoms. The minimum Gasteiger partial charge on any atom is -0.505 e. The molecule has 0 aliphatic carbocycles. The molecule has 7 rings (SSSR count). The number of hydrogen-bond donors (Lipinski definition) is 4. The number of phenolic OH excluding ortho intramolecular Hbond substituents is 2. The summed E-state index contributed by atoms with van der Waals surface area (Å²) in [6.07, 6.45) is 0. The number of rotatable bonds is 2. The van der Waals surface area contributed by atoms with Crippen LogP contribution in [-0.2, 0) is 0 Å². The first-order chi connectivity index (χ1) is 19.3. The molecule has 0 amide bonds. The lowest BCUT2D eigenvalue weighted by molar-refractivity contribution is 0.411. The monoisotopic (exact) mass is 602 g/mol. The van der Waals surface area contributed by atoms with Crippen molar-refractivity contribution in [2.24, 2.45) is 0 Å². The van der Waals surface area contributed by atoms with Crippen molar-refractivity contribution in [3.63, 3.8) is 0 Å². The summed E-state index contributed by atoms with van der Waals surface area (Å²) in [5.41, 5.74) is 0.817. The Hall–Kier alpha value is -3.84. The van der Waals surface area contributed by atoms with Gasteiger partial charge in [0.15, 0.2) is 0 Å². The quantitative estimate of drug-likeness (QED) is 0.228. The molecule has 4 N–H and O–H groups in total. The van der Waals surface area contributed by atoms with Gasteiger partial charge in [0.05, 0.1) is 60.6 Å². The topological polar surface area (TPSA) is 116 Å². The maximum Gasteiger partial charge on any atom is 0.280 e. The van der Waals surface area contributed by atoms with E-state index < -0.39 is 0 Å². The second kappa shape index (κ2) is 9.37. The number of aromatic hydroxyl groups is 2. The Kier molecular flexibility index (Phi) is 5.89. The van der Waals surface area contributed by atoms with Crippen molar-refractivity contribution in [1.29, 1.82) is 0 Å². The van der Waals surface area contributed by atoms with Gasteiger partial charge in [0.2, 0.25) is 0 Å². The Morgan fingerprint density at radius 3 is 1.23 bits per heavy atom. The van der Waals surface area contributed by atoms with E-state index in [4.69, 9.17) is 0 Å². The predicted octanol–water partition coefficient (Wildman–Crippen LogP) is 2.80. The summed E-state index contributed by atoms with van der Waals surface area (Å²) < 4.78 is 4.08. The largest absolute Gasteiger partial charge is 0.505 e. The minimum absolute atomic E-state index is 0.00290. The Balaban J connectivity index is 1.33. The molecule has 2 aliphatic rings. The summed E-state index contributed by atoms with van der Waals surface area (Å²) in [6.45, 7) is 8.05. The maximum absolute atomic E-state index is 13.3. The maximum atomic E-state index is 13.3. The van der Waals surface area contributed by atoms with E-state index in [-0.39, 0.29) is 22.6 Å². The molecule has 0 atom stereocenters. The molecule has 3 aromatic carbocycles. The number of fused-ring (bicyclic) bond motifs is 2. The van der Waals surface area contributed by atoms with Crippen LogP contribution in [0, 0.1) is 0 Å². The normalized spacial score (nSPS) is 14.1. The fraction of sp³-hybridized carbons (Fsp3) is 0. The first kappa shape index (κ1) is 25.1. The van der Waals surface area contributed by atoms with Crippen LogP contribution < -0.4 is 32.3 Å². The van der Waals surface area contributed by atoms with E-state index in [1.165, 1.54) is 56.4 Å². The van der Waals surface area contributed by atoms with Crippen LogP contribution in [0.5, 0.6) is 11.5 Å². The van der Waals surface area contributed by atoms with Crippen molar-refractivity contribution in [3.8, 4) is 22.9 Å². The zero-order valence-electron chi connectivity index (χ0n) is 20.4. The number of benzene rings is 3. The summed E-state index contributed by atoms with van der Waals surface area (Å²) >= 11 is 4.87. The smallest absolute Gasteiger partial charge is 0.280 e. The van der Waals surface area contributed by atoms with E-state index >= 15 is 0 Å². The molecule has 2 aliphatic heterocycles. The highest BCUT2D eigenvalue weighted by Gasteiger charge is 2.36. The molecule has 198 valence electrons. The molecule has 2 aromatic heterocycles. The molecule has 0 saturated heterocycles. The molecular weight excluding hydrogens is 585 g/mol. The molecule has 40 heavy (non-hydrogen) atoms. The van der Waals surface area contributed by atoms with Crippen LogP contribution in [0.3, 0.4) is 0 Å². The van der Waals surface area contributed by atoms with Crippen LogP contribution in [0.15, 0.2) is 89.8 Å². The SMILES string of the molecule is C=c1[nH]n(-c2ccccc2)c(=O)c1=C1Sc2c(O)c3c(c(O)c2S1)SC(=c1c(=C)[nH]n(-c2ccccc2)c1=O)S3. The van der Waals surface area contributed by atoms with E-state index in [0.717, 1.165) is 0 Å². The van der Waals surface area contributed by atoms with Crippen LogP contribution in [-0.4, -0.2) is 29.8 Å². The van der Waals surface area contributed by atoms with Gasteiger partial charge in [-0.2, -0.15) is 0 Å². The van der Waals surface area contributed by atoms with Gasteiger partial charge in [-0.1, -0.05) is 96.6 Å². The number of nitrogens with zero attached hydrogens (tertiary/aromatic N) is 2. The lowest BCUT2D eigenvalue weighted by Crippen LogP contribution is -2.35. The Morgan fingerprint density at radius 2 is 0.900 bits per heavy atom. The van der Waals surface area contributed by atoms with Gasteiger partial charge in [-0.25, -0.2) is 9.36 Å². The van der Waals surface area contributed by atoms with Gasteiger partial charge in [-0.3, -0.25) is 19.8 Å². The standard InChI is InChI=1S/C28H18N4O4S4/c1-13-17(25(35)31(29-13)15-9-5-3-6-10-15)27-37-21-19(33)23-24(20(34)22(21)38-27)40-28(39-23)18-14(2)30-32(26(18)36)16-11-7-4-8-12-16/h3-12,29-30,33-34H,1-2H2. The molecular formula is C28H18N4O4S4. The van der Waals surface area contributed by atoms with Crippen molar-refractivity contribution in [1.82, 2.24) is 19.6 Å². The number of nitrogens with one attached hydrogen (secondary N) is 2. The van der Waals surface area contributed by atoms with Gasteiger partial charge in [0, 0.05) is 0 Å². The van der Waals surface area contributed by atoms with Crippen molar-refractivity contribution < 1.29 is 10.2 Å². The lowest BCUT2D eigenvalue weighted by atomic mass is 10.3. The fourth-order valence-corrected chi connectivity index (χ4v) is 10.0.